The Kier molecular flexibility index (Phi) is 6.26. The summed E-state index contributed by atoms with van der Waals surface area (Å²) in [6.45, 7) is 0. The number of allylic oxidation sites excluding steroid dienone is 2. The van der Waals surface area contributed by atoms with Gasteiger partial charge in [0.1, 0.15) is 5.70 Å². The van der Waals surface area contributed by atoms with Crippen molar-refractivity contribution in [3.8, 4) is 0 Å². The number of nitrogens with two attached hydrogens (primary N) is 1. The molecule has 2 rings (SSSR count). The molecule has 2 N–H and O–H groups in total. The standard InChI is InChI=1S/C18H21N3O6S/c1-20(2)14-9-8-12(28(19,24)25)11-15(14)21-10-6-5-7-13(17(22)26-3)16(21)18(23)27-4/h5-11H,1-4H3,(H2,19,24,25). The normalized spacial score (nSPS) is 14.0. The van der Waals surface area contributed by atoms with Gasteiger partial charge in [-0.3, -0.25) is 0 Å². The summed E-state index contributed by atoms with van der Waals surface area (Å²) in [5.74, 6) is -1.55. The molecule has 0 aliphatic carbocycles. The molecule has 0 aromatic heterocycles. The van der Waals surface area contributed by atoms with E-state index in [0.29, 0.717) is 11.4 Å². The average Bonchev–Trinajstić information content (AvgIpc) is 2.88. The zero-order valence-corrected chi connectivity index (χ0v) is 16.7. The minimum Gasteiger partial charge on any atom is -0.465 e. The van der Waals surface area contributed by atoms with Gasteiger partial charge < -0.3 is 19.3 Å². The third-order valence-corrected chi connectivity index (χ3v) is 4.82. The van der Waals surface area contributed by atoms with Crippen LogP contribution in [0.1, 0.15) is 0 Å². The number of carbonyl (C=O) groups excluding carboxylic acids is 2. The second-order valence-electron chi connectivity index (χ2n) is 5.91. The van der Waals surface area contributed by atoms with Crippen LogP contribution in [-0.4, -0.2) is 48.7 Å². The maximum absolute atomic E-state index is 12.5. The molecule has 1 aliphatic rings. The highest BCUT2D eigenvalue weighted by molar-refractivity contribution is 7.89. The summed E-state index contributed by atoms with van der Waals surface area (Å²) in [7, 11) is 1.86. The summed E-state index contributed by atoms with van der Waals surface area (Å²) in [4.78, 5) is 27.7. The first-order valence-corrected chi connectivity index (χ1v) is 9.55. The van der Waals surface area contributed by atoms with Gasteiger partial charge in [0.15, 0.2) is 0 Å². The molecule has 1 aromatic carbocycles. The van der Waals surface area contributed by atoms with Crippen LogP contribution in [0.4, 0.5) is 11.4 Å². The molecule has 150 valence electrons. The van der Waals surface area contributed by atoms with Crippen molar-refractivity contribution in [3.05, 3.63) is 53.9 Å². The van der Waals surface area contributed by atoms with Gasteiger partial charge in [0, 0.05) is 20.3 Å². The van der Waals surface area contributed by atoms with Crippen LogP contribution in [0.15, 0.2) is 58.8 Å². The lowest BCUT2D eigenvalue weighted by Crippen LogP contribution is -2.28. The fourth-order valence-corrected chi connectivity index (χ4v) is 3.14. The summed E-state index contributed by atoms with van der Waals surface area (Å²) in [5, 5.41) is 5.26. The van der Waals surface area contributed by atoms with Gasteiger partial charge in [-0.05, 0) is 30.4 Å². The Labute approximate surface area is 163 Å². The van der Waals surface area contributed by atoms with Gasteiger partial charge in [-0.1, -0.05) is 6.08 Å². The molecule has 0 saturated heterocycles. The molecule has 1 aliphatic heterocycles. The summed E-state index contributed by atoms with van der Waals surface area (Å²) in [6.07, 6.45) is 6.05. The number of anilines is 2. The van der Waals surface area contributed by atoms with E-state index < -0.39 is 22.0 Å². The SMILES string of the molecule is COC(=O)C1=C(C(=O)OC)N(c2cc(S(N)(=O)=O)ccc2N(C)C)C=CC=C1. The van der Waals surface area contributed by atoms with Crippen molar-refractivity contribution >= 4 is 33.3 Å². The number of nitrogens with zero attached hydrogens (tertiary/aromatic N) is 2. The highest BCUT2D eigenvalue weighted by atomic mass is 32.2. The first kappa shape index (κ1) is 21.2. The molecule has 0 atom stereocenters. The number of primary sulfonamides is 1. The second-order valence-corrected chi connectivity index (χ2v) is 7.47. The number of methoxy groups -OCH3 is 2. The van der Waals surface area contributed by atoms with Crippen LogP contribution in [0.25, 0.3) is 0 Å². The molecule has 9 nitrogen and oxygen atoms in total. The van der Waals surface area contributed by atoms with Crippen LogP contribution in [-0.2, 0) is 29.1 Å². The van der Waals surface area contributed by atoms with Gasteiger partial charge in [0.25, 0.3) is 0 Å². The first-order chi connectivity index (χ1) is 13.1. The molecule has 0 spiro atoms. The minimum absolute atomic E-state index is 0.0509. The number of hydrogen-bond donors (Lipinski definition) is 1. The third kappa shape index (κ3) is 4.24. The molecule has 28 heavy (non-hydrogen) atoms. The Hall–Kier alpha value is -3.11. The molecule has 0 fully saturated rings. The van der Waals surface area contributed by atoms with E-state index in [4.69, 9.17) is 14.6 Å². The molecule has 0 saturated carbocycles. The Morgan fingerprint density at radius 2 is 1.71 bits per heavy atom. The van der Waals surface area contributed by atoms with Gasteiger partial charge in [0.2, 0.25) is 10.0 Å². The second kappa shape index (κ2) is 8.28. The van der Waals surface area contributed by atoms with E-state index in [-0.39, 0.29) is 16.2 Å². The maximum atomic E-state index is 12.5. The Morgan fingerprint density at radius 3 is 2.25 bits per heavy atom. The van der Waals surface area contributed by atoms with E-state index in [1.165, 1.54) is 43.5 Å². The maximum Gasteiger partial charge on any atom is 0.355 e. The zero-order valence-electron chi connectivity index (χ0n) is 15.9. The molecule has 0 amide bonds. The van der Waals surface area contributed by atoms with Crippen LogP contribution >= 0.6 is 0 Å². The topological polar surface area (TPSA) is 119 Å². The molecule has 0 bridgehead atoms. The quantitative estimate of drug-likeness (QED) is 0.715. The number of esters is 2. The molecule has 0 unspecified atom stereocenters. The predicted molar refractivity (Wildman–Crippen MR) is 104 cm³/mol. The Bertz CT molecular complexity index is 993. The van der Waals surface area contributed by atoms with Crippen LogP contribution in [0.5, 0.6) is 0 Å². The van der Waals surface area contributed by atoms with Crippen molar-refractivity contribution in [1.29, 1.82) is 0 Å². The number of rotatable bonds is 5. The van der Waals surface area contributed by atoms with Crippen molar-refractivity contribution in [2.24, 2.45) is 5.14 Å². The van der Waals surface area contributed by atoms with E-state index in [9.17, 15) is 18.0 Å². The Morgan fingerprint density at radius 1 is 1.07 bits per heavy atom. The number of benzene rings is 1. The van der Waals surface area contributed by atoms with Crippen molar-refractivity contribution < 1.29 is 27.5 Å². The lowest BCUT2D eigenvalue weighted by atomic mass is 10.1. The molecule has 0 radical (unpaired) electrons. The summed E-state index contributed by atoms with van der Waals surface area (Å²) < 4.78 is 33.3. The van der Waals surface area contributed by atoms with Gasteiger partial charge in [-0.25, -0.2) is 23.1 Å². The minimum atomic E-state index is -4.00. The fourth-order valence-electron chi connectivity index (χ4n) is 2.60. The Balaban J connectivity index is 2.86. The lowest BCUT2D eigenvalue weighted by molar-refractivity contribution is -0.139. The number of ether oxygens (including phenoxy) is 2. The van der Waals surface area contributed by atoms with Gasteiger partial charge in [0.05, 0.1) is 36.1 Å². The van der Waals surface area contributed by atoms with E-state index in [2.05, 4.69) is 0 Å². The molecular weight excluding hydrogens is 386 g/mol. The third-order valence-electron chi connectivity index (χ3n) is 3.91. The van der Waals surface area contributed by atoms with Crippen LogP contribution < -0.4 is 14.9 Å². The van der Waals surface area contributed by atoms with Gasteiger partial charge >= 0.3 is 11.9 Å². The molecular formula is C18H21N3O6S. The number of sulfonamides is 1. The average molecular weight is 407 g/mol. The smallest absolute Gasteiger partial charge is 0.355 e. The van der Waals surface area contributed by atoms with Gasteiger partial charge in [-0.15, -0.1) is 0 Å². The molecule has 1 aromatic rings. The molecule has 1 heterocycles. The highest BCUT2D eigenvalue weighted by Gasteiger charge is 2.29. The van der Waals surface area contributed by atoms with Crippen molar-refractivity contribution in [2.75, 3.05) is 38.1 Å². The number of carbonyl (C=O) groups is 2. The van der Waals surface area contributed by atoms with Crippen LogP contribution in [0.3, 0.4) is 0 Å². The summed E-state index contributed by atoms with van der Waals surface area (Å²) in [6, 6.07) is 4.23. The summed E-state index contributed by atoms with van der Waals surface area (Å²) >= 11 is 0. The van der Waals surface area contributed by atoms with Crippen LogP contribution in [0, 0.1) is 0 Å². The van der Waals surface area contributed by atoms with Crippen molar-refractivity contribution in [1.82, 2.24) is 0 Å². The predicted octanol–water partition coefficient (Wildman–Crippen LogP) is 0.890. The van der Waals surface area contributed by atoms with E-state index >= 15 is 0 Å². The van der Waals surface area contributed by atoms with Crippen molar-refractivity contribution in [3.63, 3.8) is 0 Å². The van der Waals surface area contributed by atoms with Crippen LogP contribution in [0.2, 0.25) is 0 Å². The highest BCUT2D eigenvalue weighted by Crippen LogP contribution is 2.35. The molecule has 10 heteroatoms. The van der Waals surface area contributed by atoms with Gasteiger partial charge in [-0.2, -0.15) is 0 Å². The fraction of sp³-hybridized carbons (Fsp3) is 0.222. The van der Waals surface area contributed by atoms with E-state index in [0.717, 1.165) is 0 Å². The van der Waals surface area contributed by atoms with E-state index in [1.807, 2.05) is 0 Å². The summed E-state index contributed by atoms with van der Waals surface area (Å²) in [5.41, 5.74) is 0.696. The monoisotopic (exact) mass is 407 g/mol. The lowest BCUT2D eigenvalue weighted by Gasteiger charge is -2.28. The number of hydrogen-bond acceptors (Lipinski definition) is 8. The first-order valence-electron chi connectivity index (χ1n) is 8.01. The largest absolute Gasteiger partial charge is 0.465 e. The van der Waals surface area contributed by atoms with E-state index in [1.54, 1.807) is 37.2 Å². The van der Waals surface area contributed by atoms with Crippen molar-refractivity contribution in [2.45, 2.75) is 4.90 Å². The zero-order chi connectivity index (χ0) is 21.1.